The first-order valence-electron chi connectivity index (χ1n) is 4.71. The maximum absolute atomic E-state index is 10.6. The number of carbonyl (C=O) groups is 1. The van der Waals surface area contributed by atoms with Gasteiger partial charge in [-0.3, -0.25) is 0 Å². The van der Waals surface area contributed by atoms with Gasteiger partial charge in [0.15, 0.2) is 0 Å². The number of aliphatic hydroxyl groups is 2. The van der Waals surface area contributed by atoms with Crippen molar-refractivity contribution in [3.63, 3.8) is 0 Å². The highest BCUT2D eigenvalue weighted by atomic mass is 16.5. The van der Waals surface area contributed by atoms with Crippen molar-refractivity contribution >= 4 is 5.97 Å². The van der Waals surface area contributed by atoms with E-state index in [1.807, 2.05) is 0 Å². The molecular weight excluding hydrogens is 202 g/mol. The van der Waals surface area contributed by atoms with Crippen LogP contribution in [-0.4, -0.2) is 46.1 Å². The van der Waals surface area contributed by atoms with Gasteiger partial charge in [0.05, 0.1) is 6.10 Å². The molecule has 0 amide bonds. The zero-order valence-corrected chi connectivity index (χ0v) is 8.17. The Kier molecular flexibility index (Phi) is 4.07. The third-order valence-corrected chi connectivity index (χ3v) is 2.28. The van der Waals surface area contributed by atoms with E-state index in [4.69, 9.17) is 20.7 Å². The van der Waals surface area contributed by atoms with Crippen molar-refractivity contribution in [3.8, 4) is 0 Å². The van der Waals surface area contributed by atoms with Crippen LogP contribution in [0.15, 0.2) is 11.8 Å². The summed E-state index contributed by atoms with van der Waals surface area (Å²) in [6, 6.07) is -0.449. The second-order valence-corrected chi connectivity index (χ2v) is 3.44. The van der Waals surface area contributed by atoms with Crippen molar-refractivity contribution < 1.29 is 24.9 Å². The summed E-state index contributed by atoms with van der Waals surface area (Å²) in [6.45, 7) is -0.195. The predicted molar refractivity (Wildman–Crippen MR) is 50.9 cm³/mol. The molecule has 0 saturated heterocycles. The Morgan fingerprint density at radius 1 is 1.73 bits per heavy atom. The zero-order chi connectivity index (χ0) is 11.4. The standard InChI is InChI=1S/C9H15NO5/c10-5-1-2-7(9(13)14)15-8(5)6(12)3-4-11/h2,5-6,8,11-12H,1,3-4,10H2,(H,13,14). The number of hydrogen-bond donors (Lipinski definition) is 4. The molecule has 1 heterocycles. The molecule has 15 heavy (non-hydrogen) atoms. The van der Waals surface area contributed by atoms with E-state index in [-0.39, 0.29) is 18.8 Å². The smallest absolute Gasteiger partial charge is 0.370 e. The number of ether oxygens (including phenoxy) is 1. The first kappa shape index (κ1) is 12.0. The molecule has 0 bridgehead atoms. The fourth-order valence-corrected chi connectivity index (χ4v) is 1.46. The van der Waals surface area contributed by atoms with Crippen LogP contribution in [0.3, 0.4) is 0 Å². The normalized spacial score (nSPS) is 27.8. The molecule has 3 atom stereocenters. The minimum atomic E-state index is -1.18. The van der Waals surface area contributed by atoms with Crippen molar-refractivity contribution in [2.45, 2.75) is 31.1 Å². The first-order valence-corrected chi connectivity index (χ1v) is 4.71. The highest BCUT2D eigenvalue weighted by Gasteiger charge is 2.32. The maximum Gasteiger partial charge on any atom is 0.370 e. The zero-order valence-electron chi connectivity index (χ0n) is 8.17. The molecule has 5 N–H and O–H groups in total. The summed E-state index contributed by atoms with van der Waals surface area (Å²) in [7, 11) is 0. The molecule has 0 aromatic rings. The molecule has 0 fully saturated rings. The summed E-state index contributed by atoms with van der Waals surface area (Å²) in [5, 5.41) is 26.9. The van der Waals surface area contributed by atoms with Crippen molar-refractivity contribution in [2.24, 2.45) is 5.73 Å². The van der Waals surface area contributed by atoms with E-state index < -0.39 is 24.2 Å². The summed E-state index contributed by atoms with van der Waals surface area (Å²) in [4.78, 5) is 10.6. The summed E-state index contributed by atoms with van der Waals surface area (Å²) in [5.74, 6) is -1.37. The largest absolute Gasteiger partial charge is 0.479 e. The van der Waals surface area contributed by atoms with Gasteiger partial charge in [-0.2, -0.15) is 0 Å². The fraction of sp³-hybridized carbons (Fsp3) is 0.667. The number of aliphatic hydroxyl groups excluding tert-OH is 2. The van der Waals surface area contributed by atoms with Gasteiger partial charge in [0.1, 0.15) is 6.10 Å². The number of nitrogens with two attached hydrogens (primary N) is 1. The first-order chi connectivity index (χ1) is 7.06. The van der Waals surface area contributed by atoms with Crippen LogP contribution in [0.2, 0.25) is 0 Å². The van der Waals surface area contributed by atoms with Gasteiger partial charge in [0, 0.05) is 19.1 Å². The van der Waals surface area contributed by atoms with Crippen LogP contribution < -0.4 is 5.73 Å². The van der Waals surface area contributed by atoms with Gasteiger partial charge in [0.2, 0.25) is 5.76 Å². The average molecular weight is 217 g/mol. The second kappa shape index (κ2) is 5.11. The van der Waals surface area contributed by atoms with Gasteiger partial charge in [-0.15, -0.1) is 0 Å². The third kappa shape index (κ3) is 2.92. The highest BCUT2D eigenvalue weighted by Crippen LogP contribution is 2.20. The third-order valence-electron chi connectivity index (χ3n) is 2.28. The molecule has 0 aromatic heterocycles. The Hall–Kier alpha value is -1.11. The summed E-state index contributed by atoms with van der Waals surface area (Å²) >= 11 is 0. The van der Waals surface area contributed by atoms with Crippen LogP contribution in [0, 0.1) is 0 Å². The average Bonchev–Trinajstić information content (AvgIpc) is 2.18. The predicted octanol–water partition coefficient (Wildman–Crippen LogP) is -1.19. The number of hydrogen-bond acceptors (Lipinski definition) is 5. The number of carboxylic acids is 1. The lowest BCUT2D eigenvalue weighted by Gasteiger charge is -2.31. The Labute approximate surface area is 87.0 Å². The van der Waals surface area contributed by atoms with Crippen LogP contribution in [-0.2, 0) is 9.53 Å². The minimum absolute atomic E-state index is 0.116. The van der Waals surface area contributed by atoms with Crippen molar-refractivity contribution in [1.29, 1.82) is 0 Å². The van der Waals surface area contributed by atoms with Crippen molar-refractivity contribution in [1.82, 2.24) is 0 Å². The molecule has 1 aliphatic heterocycles. The Morgan fingerprint density at radius 3 is 2.93 bits per heavy atom. The van der Waals surface area contributed by atoms with E-state index in [9.17, 15) is 9.90 Å². The second-order valence-electron chi connectivity index (χ2n) is 3.44. The summed E-state index contributed by atoms with van der Waals surface area (Å²) in [6.07, 6.45) is 0.121. The van der Waals surface area contributed by atoms with Crippen LogP contribution in [0.4, 0.5) is 0 Å². The maximum atomic E-state index is 10.6. The molecule has 0 aliphatic carbocycles. The minimum Gasteiger partial charge on any atom is -0.479 e. The molecule has 6 nitrogen and oxygen atoms in total. The number of aliphatic carboxylic acids is 1. The molecule has 1 aliphatic rings. The van der Waals surface area contributed by atoms with Crippen LogP contribution >= 0.6 is 0 Å². The van der Waals surface area contributed by atoms with Crippen LogP contribution in [0.5, 0.6) is 0 Å². The van der Waals surface area contributed by atoms with E-state index >= 15 is 0 Å². The topological polar surface area (TPSA) is 113 Å². The molecule has 0 spiro atoms. The van der Waals surface area contributed by atoms with Crippen molar-refractivity contribution in [2.75, 3.05) is 6.61 Å². The molecular formula is C9H15NO5. The Bertz CT molecular complexity index is 265. The molecule has 0 saturated carbocycles. The lowest BCUT2D eigenvalue weighted by atomic mass is 9.98. The fourth-order valence-electron chi connectivity index (χ4n) is 1.46. The van der Waals surface area contributed by atoms with E-state index in [2.05, 4.69) is 0 Å². The lowest BCUT2D eigenvalue weighted by Crippen LogP contribution is -2.47. The van der Waals surface area contributed by atoms with E-state index in [1.54, 1.807) is 0 Å². The van der Waals surface area contributed by atoms with E-state index in [0.717, 1.165) is 0 Å². The van der Waals surface area contributed by atoms with Gasteiger partial charge in [-0.25, -0.2) is 4.79 Å². The lowest BCUT2D eigenvalue weighted by molar-refractivity contribution is -0.140. The Balaban J connectivity index is 2.66. The molecule has 1 rings (SSSR count). The molecule has 3 unspecified atom stereocenters. The Morgan fingerprint density at radius 2 is 2.40 bits per heavy atom. The van der Waals surface area contributed by atoms with Crippen LogP contribution in [0.1, 0.15) is 12.8 Å². The highest BCUT2D eigenvalue weighted by molar-refractivity contribution is 5.84. The monoisotopic (exact) mass is 217 g/mol. The van der Waals surface area contributed by atoms with Gasteiger partial charge in [-0.05, 0) is 12.5 Å². The number of carboxylic acid groups (broad SMARTS) is 1. The van der Waals surface area contributed by atoms with Gasteiger partial charge in [0.25, 0.3) is 0 Å². The molecule has 86 valence electrons. The van der Waals surface area contributed by atoms with Crippen molar-refractivity contribution in [3.05, 3.63) is 11.8 Å². The summed E-state index contributed by atoms with van der Waals surface area (Å²) in [5.41, 5.74) is 5.67. The van der Waals surface area contributed by atoms with E-state index in [0.29, 0.717) is 6.42 Å². The van der Waals surface area contributed by atoms with E-state index in [1.165, 1.54) is 6.08 Å². The quantitative estimate of drug-likeness (QED) is 0.471. The van der Waals surface area contributed by atoms with Gasteiger partial charge >= 0.3 is 5.97 Å². The van der Waals surface area contributed by atoms with Gasteiger partial charge < -0.3 is 25.8 Å². The SMILES string of the molecule is NC1CC=C(C(=O)O)OC1C(O)CCO. The number of rotatable bonds is 4. The van der Waals surface area contributed by atoms with Crippen LogP contribution in [0.25, 0.3) is 0 Å². The molecule has 0 aromatic carbocycles. The molecule has 6 heteroatoms. The summed E-state index contributed by atoms with van der Waals surface area (Å²) < 4.78 is 5.05. The van der Waals surface area contributed by atoms with Gasteiger partial charge in [-0.1, -0.05) is 0 Å². The molecule has 0 radical (unpaired) electrons.